The van der Waals surface area contributed by atoms with Crippen molar-refractivity contribution in [3.63, 3.8) is 0 Å². The Labute approximate surface area is 152 Å². The van der Waals surface area contributed by atoms with Gasteiger partial charge in [-0.05, 0) is 57.6 Å². The molecule has 2 aliphatic heterocycles. The number of benzene rings is 1. The summed E-state index contributed by atoms with van der Waals surface area (Å²) in [5, 5.41) is 3.46. The van der Waals surface area contributed by atoms with Crippen LogP contribution in [0.1, 0.15) is 56.7 Å². The number of likely N-dealkylation sites (tertiary alicyclic amines) is 1. The third-order valence-electron chi connectivity index (χ3n) is 5.61. The summed E-state index contributed by atoms with van der Waals surface area (Å²) >= 11 is 0. The zero-order valence-corrected chi connectivity index (χ0v) is 15.9. The molecule has 0 bridgehead atoms. The number of hydrogen-bond donors (Lipinski definition) is 1. The third kappa shape index (κ3) is 4.12. The van der Waals surface area contributed by atoms with E-state index in [0.717, 1.165) is 32.4 Å². The number of carbonyl (C=O) groups excluding carboxylic acids is 1. The Morgan fingerprint density at radius 2 is 1.88 bits per heavy atom. The molecule has 0 saturated carbocycles. The van der Waals surface area contributed by atoms with Crippen molar-refractivity contribution in [2.24, 2.45) is 11.8 Å². The molecule has 4 atom stereocenters. The molecule has 134 valence electrons. The van der Waals surface area contributed by atoms with Gasteiger partial charge in [0, 0.05) is 18.5 Å². The van der Waals surface area contributed by atoms with Crippen molar-refractivity contribution in [3.8, 4) is 0 Å². The lowest BCUT2D eigenvalue weighted by molar-refractivity contribution is -0.142. The van der Waals surface area contributed by atoms with Crippen LogP contribution in [0.5, 0.6) is 0 Å². The molecule has 2 unspecified atom stereocenters. The Morgan fingerprint density at radius 1 is 1.17 bits per heavy atom. The van der Waals surface area contributed by atoms with E-state index in [1.807, 2.05) is 0 Å². The summed E-state index contributed by atoms with van der Waals surface area (Å²) < 4.78 is 0. The molecule has 2 aliphatic rings. The van der Waals surface area contributed by atoms with Crippen LogP contribution in [-0.2, 0) is 4.79 Å². The third-order valence-corrected chi connectivity index (χ3v) is 5.61. The normalized spacial score (nSPS) is 30.5. The minimum atomic E-state index is 0. The Hall–Kier alpha value is -1.06. The topological polar surface area (TPSA) is 32.3 Å². The predicted molar refractivity (Wildman–Crippen MR) is 101 cm³/mol. The maximum Gasteiger partial charge on any atom is 0.226 e. The van der Waals surface area contributed by atoms with Crippen LogP contribution < -0.4 is 5.32 Å². The Bertz CT molecular complexity index is 545. The average molecular weight is 351 g/mol. The minimum absolute atomic E-state index is 0. The summed E-state index contributed by atoms with van der Waals surface area (Å²) in [6.07, 6.45) is 4.31. The molecule has 1 N–H and O–H groups in total. The molecular weight excluding hydrogens is 320 g/mol. The monoisotopic (exact) mass is 350 g/mol. The highest BCUT2D eigenvalue weighted by molar-refractivity contribution is 5.85. The van der Waals surface area contributed by atoms with Gasteiger partial charge >= 0.3 is 0 Å². The fourth-order valence-electron chi connectivity index (χ4n) is 4.30. The lowest BCUT2D eigenvalue weighted by atomic mass is 9.83. The second kappa shape index (κ2) is 8.35. The van der Waals surface area contributed by atoms with Crippen LogP contribution in [0.2, 0.25) is 0 Å². The minimum Gasteiger partial charge on any atom is -0.335 e. The SMILES string of the molecule is Cc1ccc(C2C(C)CCCN2C(=O)[C@H]2CCN[C@@H](C)C2)cc1.Cl. The van der Waals surface area contributed by atoms with E-state index in [0.29, 0.717) is 17.9 Å². The van der Waals surface area contributed by atoms with E-state index in [9.17, 15) is 4.79 Å². The van der Waals surface area contributed by atoms with Gasteiger partial charge in [0.25, 0.3) is 0 Å². The Kier molecular flexibility index (Phi) is 6.70. The fraction of sp³-hybridized carbons (Fsp3) is 0.650. The van der Waals surface area contributed by atoms with Crippen molar-refractivity contribution in [1.29, 1.82) is 0 Å². The molecule has 2 saturated heterocycles. The Morgan fingerprint density at radius 3 is 2.54 bits per heavy atom. The largest absolute Gasteiger partial charge is 0.335 e. The highest BCUT2D eigenvalue weighted by Crippen LogP contribution is 2.37. The average Bonchev–Trinajstić information content (AvgIpc) is 2.55. The second-order valence-electron chi connectivity index (χ2n) is 7.58. The number of nitrogens with one attached hydrogen (secondary N) is 1. The van der Waals surface area contributed by atoms with E-state index in [1.54, 1.807) is 0 Å². The second-order valence-corrected chi connectivity index (χ2v) is 7.58. The summed E-state index contributed by atoms with van der Waals surface area (Å²) in [5.41, 5.74) is 2.58. The zero-order valence-electron chi connectivity index (χ0n) is 15.1. The molecule has 0 spiro atoms. The van der Waals surface area contributed by atoms with Gasteiger partial charge < -0.3 is 10.2 Å². The van der Waals surface area contributed by atoms with Crippen molar-refractivity contribution in [1.82, 2.24) is 10.2 Å². The number of halogens is 1. The van der Waals surface area contributed by atoms with Crippen LogP contribution in [0.15, 0.2) is 24.3 Å². The fourth-order valence-corrected chi connectivity index (χ4v) is 4.30. The highest BCUT2D eigenvalue weighted by Gasteiger charge is 2.37. The summed E-state index contributed by atoms with van der Waals surface area (Å²) in [6.45, 7) is 8.49. The number of carbonyl (C=O) groups is 1. The summed E-state index contributed by atoms with van der Waals surface area (Å²) in [6, 6.07) is 9.48. The van der Waals surface area contributed by atoms with Gasteiger partial charge in [0.15, 0.2) is 0 Å². The molecule has 3 nitrogen and oxygen atoms in total. The van der Waals surface area contributed by atoms with Crippen molar-refractivity contribution in [2.75, 3.05) is 13.1 Å². The van der Waals surface area contributed by atoms with Crippen LogP contribution in [0.3, 0.4) is 0 Å². The van der Waals surface area contributed by atoms with Crippen LogP contribution in [0, 0.1) is 18.8 Å². The summed E-state index contributed by atoms with van der Waals surface area (Å²) in [5.74, 6) is 1.12. The number of hydrogen-bond acceptors (Lipinski definition) is 2. The van der Waals surface area contributed by atoms with Crippen molar-refractivity contribution < 1.29 is 4.79 Å². The standard InChI is InChI=1S/C20H30N2O.ClH/c1-14-6-8-17(9-7-14)19-15(2)5-4-12-22(19)20(23)18-10-11-21-16(3)13-18;/h6-9,15-16,18-19,21H,4-5,10-13H2,1-3H3;1H/t15?,16-,18-,19?;/m0./s1. The quantitative estimate of drug-likeness (QED) is 0.870. The van der Waals surface area contributed by atoms with Gasteiger partial charge in [0.2, 0.25) is 5.91 Å². The molecular formula is C20H31ClN2O. The molecule has 0 aliphatic carbocycles. The summed E-state index contributed by atoms with van der Waals surface area (Å²) in [7, 11) is 0. The first-order valence-corrected chi connectivity index (χ1v) is 9.16. The number of amides is 1. The maximum atomic E-state index is 13.2. The van der Waals surface area contributed by atoms with E-state index >= 15 is 0 Å². The van der Waals surface area contributed by atoms with E-state index in [1.165, 1.54) is 17.5 Å². The maximum absolute atomic E-state index is 13.2. The Balaban J connectivity index is 0.00000208. The first-order valence-electron chi connectivity index (χ1n) is 9.16. The molecule has 4 heteroatoms. The summed E-state index contributed by atoms with van der Waals surface area (Å²) in [4.78, 5) is 15.4. The zero-order chi connectivity index (χ0) is 16.4. The van der Waals surface area contributed by atoms with Crippen molar-refractivity contribution in [3.05, 3.63) is 35.4 Å². The number of aryl methyl sites for hydroxylation is 1. The molecule has 1 amide bonds. The molecule has 0 radical (unpaired) electrons. The molecule has 2 heterocycles. The van der Waals surface area contributed by atoms with Crippen LogP contribution in [0.25, 0.3) is 0 Å². The molecule has 3 rings (SSSR count). The molecule has 0 aromatic heterocycles. The van der Waals surface area contributed by atoms with Gasteiger partial charge in [0.1, 0.15) is 0 Å². The molecule has 2 fully saturated rings. The number of nitrogens with zero attached hydrogens (tertiary/aromatic N) is 1. The highest BCUT2D eigenvalue weighted by atomic mass is 35.5. The lowest BCUT2D eigenvalue weighted by Gasteiger charge is -2.43. The first kappa shape index (κ1) is 19.3. The van der Waals surface area contributed by atoms with Crippen LogP contribution in [0.4, 0.5) is 0 Å². The van der Waals surface area contributed by atoms with Crippen LogP contribution in [-0.4, -0.2) is 29.9 Å². The van der Waals surface area contributed by atoms with Gasteiger partial charge in [-0.25, -0.2) is 0 Å². The van der Waals surface area contributed by atoms with Gasteiger partial charge in [0.05, 0.1) is 6.04 Å². The lowest BCUT2D eigenvalue weighted by Crippen LogP contribution is -2.48. The smallest absolute Gasteiger partial charge is 0.226 e. The van der Waals surface area contributed by atoms with Gasteiger partial charge in [-0.15, -0.1) is 12.4 Å². The van der Waals surface area contributed by atoms with Gasteiger partial charge in [-0.2, -0.15) is 0 Å². The van der Waals surface area contributed by atoms with E-state index in [-0.39, 0.29) is 24.4 Å². The predicted octanol–water partition coefficient (Wildman–Crippen LogP) is 4.10. The first-order chi connectivity index (χ1) is 11.1. The van der Waals surface area contributed by atoms with E-state index in [4.69, 9.17) is 0 Å². The van der Waals surface area contributed by atoms with E-state index in [2.05, 4.69) is 55.3 Å². The van der Waals surface area contributed by atoms with Crippen LogP contribution >= 0.6 is 12.4 Å². The van der Waals surface area contributed by atoms with Crippen molar-refractivity contribution >= 4 is 18.3 Å². The molecule has 1 aromatic rings. The number of piperidine rings is 2. The van der Waals surface area contributed by atoms with Gasteiger partial charge in [-0.3, -0.25) is 4.79 Å². The number of rotatable bonds is 2. The van der Waals surface area contributed by atoms with E-state index < -0.39 is 0 Å². The van der Waals surface area contributed by atoms with Gasteiger partial charge in [-0.1, -0.05) is 36.8 Å². The van der Waals surface area contributed by atoms with Crippen molar-refractivity contribution in [2.45, 2.75) is 58.5 Å². The molecule has 24 heavy (non-hydrogen) atoms. The molecule has 1 aromatic carbocycles.